The van der Waals surface area contributed by atoms with Gasteiger partial charge in [0.1, 0.15) is 5.54 Å². The Morgan fingerprint density at radius 1 is 1.33 bits per heavy atom. The molecule has 1 rings (SSSR count). The van der Waals surface area contributed by atoms with E-state index in [4.69, 9.17) is 0 Å². The van der Waals surface area contributed by atoms with Gasteiger partial charge >= 0.3 is 5.97 Å². The van der Waals surface area contributed by atoms with Crippen molar-refractivity contribution in [2.75, 3.05) is 34.2 Å². The number of aliphatic carboxylic acids is 1. The standard InChI is InChI=1S/C16H33N3O2/c1-13(2)17-16(15(20)21)9-6-8-14(12-16)19(5)11-7-10-18(3)4/h13-14,17H,6-12H2,1-5H3,(H,20,21). The average Bonchev–Trinajstić information content (AvgIpc) is 2.37. The van der Waals surface area contributed by atoms with E-state index in [9.17, 15) is 9.90 Å². The Kier molecular flexibility index (Phi) is 7.10. The third kappa shape index (κ3) is 5.57. The number of hydrogen-bond acceptors (Lipinski definition) is 4. The van der Waals surface area contributed by atoms with E-state index in [0.717, 1.165) is 38.8 Å². The van der Waals surface area contributed by atoms with E-state index in [2.05, 4.69) is 36.3 Å². The van der Waals surface area contributed by atoms with Crippen LogP contribution in [0, 0.1) is 0 Å². The van der Waals surface area contributed by atoms with Gasteiger partial charge in [-0.05, 0) is 80.2 Å². The van der Waals surface area contributed by atoms with Gasteiger partial charge in [-0.3, -0.25) is 10.1 Å². The lowest BCUT2D eigenvalue weighted by Gasteiger charge is -2.42. The molecule has 1 fully saturated rings. The van der Waals surface area contributed by atoms with E-state index >= 15 is 0 Å². The summed E-state index contributed by atoms with van der Waals surface area (Å²) in [4.78, 5) is 16.3. The van der Waals surface area contributed by atoms with Crippen LogP contribution in [-0.2, 0) is 4.79 Å². The van der Waals surface area contributed by atoms with Crippen molar-refractivity contribution in [1.82, 2.24) is 15.1 Å². The second kappa shape index (κ2) is 8.11. The zero-order chi connectivity index (χ0) is 16.0. The van der Waals surface area contributed by atoms with Crippen molar-refractivity contribution in [2.24, 2.45) is 0 Å². The predicted octanol–water partition coefficient (Wildman–Crippen LogP) is 1.63. The van der Waals surface area contributed by atoms with E-state index in [1.165, 1.54) is 0 Å². The number of carboxylic acid groups (broad SMARTS) is 1. The van der Waals surface area contributed by atoms with Gasteiger partial charge in [-0.1, -0.05) is 0 Å². The lowest BCUT2D eigenvalue weighted by Crippen LogP contribution is -2.59. The maximum absolute atomic E-state index is 11.8. The van der Waals surface area contributed by atoms with Crippen molar-refractivity contribution in [2.45, 2.75) is 63.6 Å². The van der Waals surface area contributed by atoms with Crippen molar-refractivity contribution >= 4 is 5.97 Å². The molecule has 0 aromatic rings. The molecule has 0 bridgehead atoms. The molecule has 0 aromatic heterocycles. The molecule has 0 radical (unpaired) electrons. The fourth-order valence-electron chi connectivity index (χ4n) is 3.38. The number of nitrogens with zero attached hydrogens (tertiary/aromatic N) is 2. The maximum Gasteiger partial charge on any atom is 0.323 e. The van der Waals surface area contributed by atoms with Crippen molar-refractivity contribution in [1.29, 1.82) is 0 Å². The average molecular weight is 299 g/mol. The molecule has 124 valence electrons. The molecule has 0 spiro atoms. The molecule has 2 unspecified atom stereocenters. The minimum absolute atomic E-state index is 0.193. The lowest BCUT2D eigenvalue weighted by atomic mass is 9.78. The zero-order valence-corrected chi connectivity index (χ0v) is 14.4. The van der Waals surface area contributed by atoms with Crippen molar-refractivity contribution in [3.8, 4) is 0 Å². The summed E-state index contributed by atoms with van der Waals surface area (Å²) in [6, 6.07) is 0.558. The second-order valence-corrected chi connectivity index (χ2v) is 7.07. The quantitative estimate of drug-likeness (QED) is 0.713. The lowest BCUT2D eigenvalue weighted by molar-refractivity contribution is -0.147. The van der Waals surface area contributed by atoms with Crippen LogP contribution in [0.4, 0.5) is 0 Å². The molecule has 1 saturated carbocycles. The number of hydrogen-bond donors (Lipinski definition) is 2. The Bertz CT molecular complexity index is 333. The minimum atomic E-state index is -0.743. The molecule has 21 heavy (non-hydrogen) atoms. The molecule has 0 saturated heterocycles. The summed E-state index contributed by atoms with van der Waals surface area (Å²) in [5.41, 5.74) is -0.743. The molecular formula is C16H33N3O2. The smallest absolute Gasteiger partial charge is 0.323 e. The maximum atomic E-state index is 11.8. The normalized spacial score (nSPS) is 26.8. The van der Waals surface area contributed by atoms with Crippen LogP contribution in [0.5, 0.6) is 0 Å². The van der Waals surface area contributed by atoms with Crippen LogP contribution in [-0.4, -0.2) is 72.7 Å². The van der Waals surface area contributed by atoms with E-state index in [-0.39, 0.29) is 6.04 Å². The Hall–Kier alpha value is -0.650. The Morgan fingerprint density at radius 3 is 2.52 bits per heavy atom. The SMILES string of the molecule is CC(C)NC1(C(=O)O)CCCC(N(C)CCCN(C)C)C1. The number of carbonyl (C=O) groups is 1. The van der Waals surface area contributed by atoms with Gasteiger partial charge in [-0.2, -0.15) is 0 Å². The van der Waals surface area contributed by atoms with Crippen LogP contribution in [0.2, 0.25) is 0 Å². The molecule has 2 N–H and O–H groups in total. The Balaban J connectivity index is 2.62. The van der Waals surface area contributed by atoms with E-state index < -0.39 is 11.5 Å². The first-order chi connectivity index (χ1) is 9.77. The Morgan fingerprint density at radius 2 is 2.00 bits per heavy atom. The molecule has 1 aliphatic rings. The van der Waals surface area contributed by atoms with Gasteiger partial charge in [0.15, 0.2) is 0 Å². The topological polar surface area (TPSA) is 55.8 Å². The van der Waals surface area contributed by atoms with Crippen LogP contribution in [0.25, 0.3) is 0 Å². The molecule has 1 aliphatic carbocycles. The monoisotopic (exact) mass is 299 g/mol. The van der Waals surface area contributed by atoms with E-state index in [1.807, 2.05) is 13.8 Å². The number of carboxylic acids is 1. The first-order valence-electron chi connectivity index (χ1n) is 8.13. The third-order valence-corrected chi connectivity index (χ3v) is 4.44. The van der Waals surface area contributed by atoms with Gasteiger partial charge < -0.3 is 14.9 Å². The van der Waals surface area contributed by atoms with Crippen LogP contribution < -0.4 is 5.32 Å². The molecule has 5 nitrogen and oxygen atoms in total. The molecule has 0 amide bonds. The summed E-state index contributed by atoms with van der Waals surface area (Å²) in [5, 5.41) is 13.0. The highest BCUT2D eigenvalue weighted by Crippen LogP contribution is 2.31. The fraction of sp³-hybridized carbons (Fsp3) is 0.938. The van der Waals surface area contributed by atoms with E-state index in [1.54, 1.807) is 0 Å². The number of nitrogens with one attached hydrogen (secondary N) is 1. The summed E-state index contributed by atoms with van der Waals surface area (Å²) < 4.78 is 0. The fourth-order valence-corrected chi connectivity index (χ4v) is 3.38. The highest BCUT2D eigenvalue weighted by atomic mass is 16.4. The van der Waals surface area contributed by atoms with Crippen molar-refractivity contribution in [3.63, 3.8) is 0 Å². The highest BCUT2D eigenvalue weighted by Gasteiger charge is 2.43. The largest absolute Gasteiger partial charge is 0.480 e. The van der Waals surface area contributed by atoms with Gasteiger partial charge in [0, 0.05) is 12.1 Å². The van der Waals surface area contributed by atoms with Crippen LogP contribution >= 0.6 is 0 Å². The molecule has 0 aromatic carbocycles. The molecule has 0 aliphatic heterocycles. The first kappa shape index (κ1) is 18.4. The third-order valence-electron chi connectivity index (χ3n) is 4.44. The molecular weight excluding hydrogens is 266 g/mol. The van der Waals surface area contributed by atoms with Gasteiger partial charge in [0.2, 0.25) is 0 Å². The summed E-state index contributed by atoms with van der Waals surface area (Å²) in [6.07, 6.45) is 4.65. The Labute approximate surface area is 129 Å². The number of rotatable bonds is 8. The van der Waals surface area contributed by atoms with Crippen molar-refractivity contribution < 1.29 is 9.90 Å². The summed E-state index contributed by atoms with van der Waals surface area (Å²) in [5.74, 6) is -0.692. The van der Waals surface area contributed by atoms with Gasteiger partial charge in [-0.15, -0.1) is 0 Å². The van der Waals surface area contributed by atoms with Gasteiger partial charge in [-0.25, -0.2) is 0 Å². The summed E-state index contributed by atoms with van der Waals surface area (Å²) >= 11 is 0. The van der Waals surface area contributed by atoms with Gasteiger partial charge in [0.25, 0.3) is 0 Å². The molecule has 0 heterocycles. The predicted molar refractivity (Wildman–Crippen MR) is 86.7 cm³/mol. The van der Waals surface area contributed by atoms with E-state index in [0.29, 0.717) is 12.5 Å². The minimum Gasteiger partial charge on any atom is -0.480 e. The second-order valence-electron chi connectivity index (χ2n) is 7.07. The van der Waals surface area contributed by atoms with Crippen LogP contribution in [0.3, 0.4) is 0 Å². The molecule has 2 atom stereocenters. The summed E-state index contributed by atoms with van der Waals surface area (Å²) in [7, 11) is 6.30. The van der Waals surface area contributed by atoms with Crippen molar-refractivity contribution in [3.05, 3.63) is 0 Å². The summed E-state index contributed by atoms with van der Waals surface area (Å²) in [6.45, 7) is 6.15. The molecule has 5 heteroatoms. The van der Waals surface area contributed by atoms with Gasteiger partial charge in [0.05, 0.1) is 0 Å². The zero-order valence-electron chi connectivity index (χ0n) is 14.4. The first-order valence-corrected chi connectivity index (χ1v) is 8.13. The van der Waals surface area contributed by atoms with Crippen LogP contribution in [0.1, 0.15) is 46.0 Å². The van der Waals surface area contributed by atoms with Crippen LogP contribution in [0.15, 0.2) is 0 Å². The highest BCUT2D eigenvalue weighted by molar-refractivity contribution is 5.79.